The van der Waals surface area contributed by atoms with Crippen molar-refractivity contribution in [2.24, 2.45) is 0 Å². The van der Waals surface area contributed by atoms with Gasteiger partial charge in [-0.3, -0.25) is 4.79 Å². The first-order chi connectivity index (χ1) is 10.5. The number of carbonyl (C=O) groups excluding carboxylic acids is 1. The average Bonchev–Trinajstić information content (AvgIpc) is 2.86. The summed E-state index contributed by atoms with van der Waals surface area (Å²) in [6.45, 7) is 8.49. The first-order valence-corrected chi connectivity index (χ1v) is 7.46. The number of piperazine rings is 1. The van der Waals surface area contributed by atoms with Crippen molar-refractivity contribution in [1.29, 1.82) is 0 Å². The monoisotopic (exact) mass is 300 g/mol. The molecule has 0 radical (unpaired) electrons. The van der Waals surface area contributed by atoms with E-state index in [1.807, 2.05) is 43.9 Å². The topological polar surface area (TPSA) is 62.5 Å². The number of hydrogen-bond donors (Lipinski definition) is 0. The van der Waals surface area contributed by atoms with E-state index in [2.05, 4.69) is 15.1 Å². The van der Waals surface area contributed by atoms with E-state index >= 15 is 0 Å². The summed E-state index contributed by atoms with van der Waals surface area (Å²) >= 11 is 0. The van der Waals surface area contributed by atoms with Crippen LogP contribution in [0.25, 0.3) is 0 Å². The maximum atomic E-state index is 12.5. The largest absolute Gasteiger partial charge is 0.466 e. The number of hydrogen-bond acceptors (Lipinski definition) is 5. The molecule has 0 aliphatic carbocycles. The van der Waals surface area contributed by atoms with Gasteiger partial charge in [0, 0.05) is 26.2 Å². The Morgan fingerprint density at radius 1 is 1.09 bits per heavy atom. The molecule has 0 N–H and O–H groups in total. The number of rotatable bonds is 2. The summed E-state index contributed by atoms with van der Waals surface area (Å²) in [5.74, 6) is 2.38. The van der Waals surface area contributed by atoms with Gasteiger partial charge in [-0.25, -0.2) is 0 Å². The van der Waals surface area contributed by atoms with Gasteiger partial charge < -0.3 is 14.2 Å². The molecular weight excluding hydrogens is 280 g/mol. The third kappa shape index (κ3) is 2.81. The third-order valence-corrected chi connectivity index (χ3v) is 3.95. The summed E-state index contributed by atoms with van der Waals surface area (Å²) in [5, 5.41) is 8.29. The zero-order valence-electron chi connectivity index (χ0n) is 13.2. The van der Waals surface area contributed by atoms with E-state index in [9.17, 15) is 4.79 Å². The van der Waals surface area contributed by atoms with Gasteiger partial charge in [-0.1, -0.05) is 0 Å². The molecule has 2 aromatic rings. The van der Waals surface area contributed by atoms with Crippen molar-refractivity contribution in [3.63, 3.8) is 0 Å². The molecule has 6 heteroatoms. The van der Waals surface area contributed by atoms with Crippen molar-refractivity contribution in [2.75, 3.05) is 31.1 Å². The van der Waals surface area contributed by atoms with Gasteiger partial charge in [-0.15, -0.1) is 5.10 Å². The summed E-state index contributed by atoms with van der Waals surface area (Å²) in [6.07, 6.45) is 0. The van der Waals surface area contributed by atoms with Crippen molar-refractivity contribution in [3.05, 3.63) is 41.0 Å². The van der Waals surface area contributed by atoms with Crippen molar-refractivity contribution in [3.8, 4) is 0 Å². The van der Waals surface area contributed by atoms with Gasteiger partial charge in [-0.2, -0.15) is 5.10 Å². The van der Waals surface area contributed by atoms with Gasteiger partial charge in [0.15, 0.2) is 5.82 Å². The van der Waals surface area contributed by atoms with Crippen LogP contribution in [-0.4, -0.2) is 47.2 Å². The Bertz CT molecular complexity index is 670. The summed E-state index contributed by atoms with van der Waals surface area (Å²) in [7, 11) is 0. The molecule has 1 aliphatic heterocycles. The van der Waals surface area contributed by atoms with E-state index in [-0.39, 0.29) is 5.91 Å². The maximum Gasteiger partial charge on any atom is 0.257 e. The summed E-state index contributed by atoms with van der Waals surface area (Å²) in [6, 6.07) is 5.75. The van der Waals surface area contributed by atoms with E-state index in [1.54, 1.807) is 0 Å². The molecule has 2 aromatic heterocycles. The zero-order chi connectivity index (χ0) is 15.7. The molecule has 0 bridgehead atoms. The lowest BCUT2D eigenvalue weighted by Crippen LogP contribution is -2.49. The first kappa shape index (κ1) is 14.6. The van der Waals surface area contributed by atoms with E-state index < -0.39 is 0 Å². The average molecular weight is 300 g/mol. The number of nitrogens with zero attached hydrogens (tertiary/aromatic N) is 4. The van der Waals surface area contributed by atoms with Crippen LogP contribution in [0.1, 0.15) is 27.6 Å². The van der Waals surface area contributed by atoms with E-state index in [0.717, 1.165) is 30.4 Å². The van der Waals surface area contributed by atoms with Crippen LogP contribution in [0.5, 0.6) is 0 Å². The Kier molecular flexibility index (Phi) is 3.83. The molecule has 116 valence electrons. The fourth-order valence-corrected chi connectivity index (χ4v) is 2.71. The second-order valence-electron chi connectivity index (χ2n) is 5.64. The van der Waals surface area contributed by atoms with Crippen molar-refractivity contribution >= 4 is 11.7 Å². The number of aromatic nitrogens is 2. The lowest BCUT2D eigenvalue weighted by atomic mass is 10.2. The molecule has 22 heavy (non-hydrogen) atoms. The quantitative estimate of drug-likeness (QED) is 0.848. The third-order valence-electron chi connectivity index (χ3n) is 3.95. The number of carbonyl (C=O) groups is 1. The van der Waals surface area contributed by atoms with Gasteiger partial charge >= 0.3 is 0 Å². The maximum absolute atomic E-state index is 12.5. The normalized spacial score (nSPS) is 15.2. The lowest BCUT2D eigenvalue weighted by molar-refractivity contribution is 0.0744. The Morgan fingerprint density at radius 3 is 2.36 bits per heavy atom. The molecule has 1 aliphatic rings. The zero-order valence-corrected chi connectivity index (χ0v) is 13.2. The molecule has 0 aromatic carbocycles. The minimum Gasteiger partial charge on any atom is -0.466 e. The molecule has 1 saturated heterocycles. The Hall–Kier alpha value is -2.37. The van der Waals surface area contributed by atoms with Gasteiger partial charge in [0.25, 0.3) is 5.91 Å². The minimum atomic E-state index is 0.0454. The number of furan rings is 1. The molecule has 3 rings (SSSR count). The van der Waals surface area contributed by atoms with Crippen LogP contribution in [0.2, 0.25) is 0 Å². The molecule has 6 nitrogen and oxygen atoms in total. The molecular formula is C16H20N4O2. The van der Waals surface area contributed by atoms with Gasteiger partial charge in [0.1, 0.15) is 11.5 Å². The Morgan fingerprint density at radius 2 is 1.82 bits per heavy atom. The number of anilines is 1. The fourth-order valence-electron chi connectivity index (χ4n) is 2.71. The minimum absolute atomic E-state index is 0.0454. The van der Waals surface area contributed by atoms with Crippen LogP contribution in [-0.2, 0) is 0 Å². The molecule has 1 fully saturated rings. The molecule has 0 unspecified atom stereocenters. The van der Waals surface area contributed by atoms with Crippen LogP contribution in [0.3, 0.4) is 0 Å². The highest BCUT2D eigenvalue weighted by Gasteiger charge is 2.25. The number of amides is 1. The highest BCUT2D eigenvalue weighted by Crippen LogP contribution is 2.18. The second kappa shape index (κ2) is 5.79. The highest BCUT2D eigenvalue weighted by atomic mass is 16.3. The van der Waals surface area contributed by atoms with Crippen LogP contribution < -0.4 is 4.90 Å². The second-order valence-corrected chi connectivity index (χ2v) is 5.64. The summed E-state index contributed by atoms with van der Waals surface area (Å²) < 4.78 is 5.45. The smallest absolute Gasteiger partial charge is 0.257 e. The summed E-state index contributed by atoms with van der Waals surface area (Å²) in [5.41, 5.74) is 1.57. The van der Waals surface area contributed by atoms with Crippen molar-refractivity contribution in [2.45, 2.75) is 20.8 Å². The van der Waals surface area contributed by atoms with Crippen LogP contribution >= 0.6 is 0 Å². The van der Waals surface area contributed by atoms with E-state index in [0.29, 0.717) is 24.4 Å². The van der Waals surface area contributed by atoms with Gasteiger partial charge in [-0.05, 0) is 39.0 Å². The molecule has 0 spiro atoms. The first-order valence-electron chi connectivity index (χ1n) is 7.46. The Labute approximate surface area is 129 Å². The summed E-state index contributed by atoms with van der Waals surface area (Å²) in [4.78, 5) is 16.6. The van der Waals surface area contributed by atoms with Crippen LogP contribution in [0, 0.1) is 20.8 Å². The van der Waals surface area contributed by atoms with Gasteiger partial charge in [0.05, 0.1) is 11.3 Å². The lowest BCUT2D eigenvalue weighted by Gasteiger charge is -2.35. The molecule has 0 saturated carbocycles. The predicted molar refractivity (Wildman–Crippen MR) is 83.1 cm³/mol. The molecule has 3 heterocycles. The van der Waals surface area contributed by atoms with E-state index in [1.165, 1.54) is 0 Å². The van der Waals surface area contributed by atoms with Crippen LogP contribution in [0.4, 0.5) is 5.82 Å². The standard InChI is InChI=1S/C16H20N4O2/c1-11-4-5-15(18-17-11)19-6-8-20(9-7-19)16(21)14-10-12(2)22-13(14)3/h4-5,10H,6-9H2,1-3H3. The van der Waals surface area contributed by atoms with Crippen LogP contribution in [0.15, 0.2) is 22.6 Å². The Balaban J connectivity index is 1.65. The molecule has 0 atom stereocenters. The predicted octanol–water partition coefficient (Wildman–Crippen LogP) is 1.96. The van der Waals surface area contributed by atoms with E-state index in [4.69, 9.17) is 4.42 Å². The SMILES string of the molecule is Cc1ccc(N2CCN(C(=O)c3cc(C)oc3C)CC2)nn1. The van der Waals surface area contributed by atoms with Crippen molar-refractivity contribution in [1.82, 2.24) is 15.1 Å². The molecule has 1 amide bonds. The fraction of sp³-hybridized carbons (Fsp3) is 0.438. The highest BCUT2D eigenvalue weighted by molar-refractivity contribution is 5.95. The van der Waals surface area contributed by atoms with Crippen molar-refractivity contribution < 1.29 is 9.21 Å². The number of aryl methyl sites for hydroxylation is 3. The van der Waals surface area contributed by atoms with Gasteiger partial charge in [0.2, 0.25) is 0 Å².